The molecule has 0 radical (unpaired) electrons. The summed E-state index contributed by atoms with van der Waals surface area (Å²) in [6.45, 7) is 3.90. The fourth-order valence-electron chi connectivity index (χ4n) is 3.23. The Labute approximate surface area is 152 Å². The molecule has 4 rings (SSSR count). The van der Waals surface area contributed by atoms with Crippen LogP contribution in [0.1, 0.15) is 31.2 Å². The van der Waals surface area contributed by atoms with E-state index in [2.05, 4.69) is 35.3 Å². The van der Waals surface area contributed by atoms with E-state index in [0.717, 1.165) is 57.4 Å². The van der Waals surface area contributed by atoms with E-state index >= 15 is 0 Å². The summed E-state index contributed by atoms with van der Waals surface area (Å²) >= 11 is 0. The highest BCUT2D eigenvalue weighted by molar-refractivity contribution is 5.79. The first-order chi connectivity index (χ1) is 12.8. The van der Waals surface area contributed by atoms with Gasteiger partial charge in [0, 0.05) is 26.2 Å². The summed E-state index contributed by atoms with van der Waals surface area (Å²) in [5.74, 6) is 1.58. The van der Waals surface area contributed by atoms with Crippen LogP contribution in [0.2, 0.25) is 0 Å². The third-order valence-electron chi connectivity index (χ3n) is 4.64. The van der Waals surface area contributed by atoms with E-state index in [1.165, 1.54) is 12.1 Å². The van der Waals surface area contributed by atoms with E-state index < -0.39 is 0 Å². The van der Waals surface area contributed by atoms with E-state index in [9.17, 15) is 4.39 Å². The third kappa shape index (κ3) is 3.89. The van der Waals surface area contributed by atoms with Crippen LogP contribution in [0.5, 0.6) is 0 Å². The van der Waals surface area contributed by atoms with E-state index in [1.807, 2.05) is 0 Å². The molecule has 2 saturated heterocycles. The van der Waals surface area contributed by atoms with Gasteiger partial charge in [-0.3, -0.25) is 0 Å². The van der Waals surface area contributed by atoms with Crippen molar-refractivity contribution in [1.29, 1.82) is 0 Å². The van der Waals surface area contributed by atoms with Gasteiger partial charge in [0.15, 0.2) is 0 Å². The normalized spacial score (nSPS) is 17.4. The molecule has 0 aliphatic carbocycles. The van der Waals surface area contributed by atoms with Crippen LogP contribution in [-0.2, 0) is 0 Å². The van der Waals surface area contributed by atoms with E-state index in [-0.39, 0.29) is 5.82 Å². The van der Waals surface area contributed by atoms with Crippen LogP contribution in [0.25, 0.3) is 0 Å². The van der Waals surface area contributed by atoms with Crippen molar-refractivity contribution in [1.82, 2.24) is 15.0 Å². The van der Waals surface area contributed by atoms with Gasteiger partial charge in [-0.2, -0.15) is 20.1 Å². The Hall–Kier alpha value is -2.77. The van der Waals surface area contributed by atoms with Gasteiger partial charge >= 0.3 is 0 Å². The lowest BCUT2D eigenvalue weighted by atomic mass is 10.2. The number of aromatic nitrogens is 3. The van der Waals surface area contributed by atoms with Crippen LogP contribution in [0.3, 0.4) is 0 Å². The van der Waals surface area contributed by atoms with Crippen molar-refractivity contribution in [2.75, 3.05) is 41.4 Å². The van der Waals surface area contributed by atoms with Gasteiger partial charge in [-0.05, 0) is 43.4 Å². The van der Waals surface area contributed by atoms with Crippen molar-refractivity contribution in [3.8, 4) is 0 Å². The molecule has 0 saturated carbocycles. The Bertz CT molecular complexity index is 731. The Balaban J connectivity index is 1.54. The molecule has 2 fully saturated rings. The van der Waals surface area contributed by atoms with Gasteiger partial charge in [0.2, 0.25) is 17.8 Å². The fourth-order valence-corrected chi connectivity index (χ4v) is 3.23. The summed E-state index contributed by atoms with van der Waals surface area (Å²) in [6.07, 6.45) is 6.27. The van der Waals surface area contributed by atoms with Gasteiger partial charge in [-0.1, -0.05) is 12.1 Å². The number of hydrogen-bond donors (Lipinski definition) is 1. The summed E-state index contributed by atoms with van der Waals surface area (Å²) in [4.78, 5) is 18.1. The maximum atomic E-state index is 13.0. The first kappa shape index (κ1) is 16.7. The lowest BCUT2D eigenvalue weighted by molar-refractivity contribution is 0.628. The number of benzene rings is 1. The molecular formula is C18H22FN7. The predicted molar refractivity (Wildman–Crippen MR) is 100 cm³/mol. The SMILES string of the molecule is Fc1ccc(C=NNc2nc(N3CCCC3)nc(N3CCCC3)n2)cc1. The lowest BCUT2D eigenvalue weighted by Gasteiger charge is -2.20. The molecule has 136 valence electrons. The molecule has 1 aromatic carbocycles. The van der Waals surface area contributed by atoms with Crippen LogP contribution in [0.4, 0.5) is 22.2 Å². The largest absolute Gasteiger partial charge is 0.341 e. The first-order valence-corrected chi connectivity index (χ1v) is 9.08. The zero-order valence-corrected chi connectivity index (χ0v) is 14.6. The number of halogens is 1. The molecule has 7 nitrogen and oxygen atoms in total. The van der Waals surface area contributed by atoms with E-state index in [4.69, 9.17) is 0 Å². The minimum absolute atomic E-state index is 0.266. The summed E-state index contributed by atoms with van der Waals surface area (Å²) < 4.78 is 13.0. The van der Waals surface area contributed by atoms with Gasteiger partial charge < -0.3 is 9.80 Å². The maximum absolute atomic E-state index is 13.0. The highest BCUT2D eigenvalue weighted by Crippen LogP contribution is 2.22. The summed E-state index contributed by atoms with van der Waals surface area (Å²) in [7, 11) is 0. The molecule has 26 heavy (non-hydrogen) atoms. The Morgan fingerprint density at radius 3 is 1.92 bits per heavy atom. The van der Waals surface area contributed by atoms with Gasteiger partial charge in [0.05, 0.1) is 6.21 Å². The van der Waals surface area contributed by atoms with Crippen molar-refractivity contribution < 1.29 is 4.39 Å². The molecule has 0 amide bonds. The second kappa shape index (κ2) is 7.63. The molecule has 1 N–H and O–H groups in total. The predicted octanol–water partition coefficient (Wildman–Crippen LogP) is 2.66. The molecule has 0 bridgehead atoms. The Morgan fingerprint density at radius 1 is 0.846 bits per heavy atom. The van der Waals surface area contributed by atoms with Crippen molar-refractivity contribution in [3.63, 3.8) is 0 Å². The fraction of sp³-hybridized carbons (Fsp3) is 0.444. The van der Waals surface area contributed by atoms with Crippen LogP contribution in [0, 0.1) is 5.82 Å². The molecule has 0 spiro atoms. The number of anilines is 3. The van der Waals surface area contributed by atoms with Crippen molar-refractivity contribution in [2.45, 2.75) is 25.7 Å². The Kier molecular flexibility index (Phi) is 4.90. The molecule has 2 aliphatic rings. The van der Waals surface area contributed by atoms with Gasteiger partial charge in [0.1, 0.15) is 5.82 Å². The van der Waals surface area contributed by atoms with Crippen molar-refractivity contribution in [2.24, 2.45) is 5.10 Å². The molecule has 2 aliphatic heterocycles. The number of hydrazone groups is 1. The van der Waals surface area contributed by atoms with Crippen LogP contribution in [0.15, 0.2) is 29.4 Å². The summed E-state index contributed by atoms with van der Waals surface area (Å²) in [5, 5.41) is 4.19. The summed E-state index contributed by atoms with van der Waals surface area (Å²) in [6, 6.07) is 6.14. The standard InChI is InChI=1S/C18H22FN7/c19-15-7-5-14(6-8-15)13-20-24-16-21-17(25-9-1-2-10-25)23-18(22-16)26-11-3-4-12-26/h5-8,13H,1-4,9-12H2,(H,21,22,23,24). The molecule has 3 heterocycles. The molecule has 2 aromatic rings. The highest BCUT2D eigenvalue weighted by Gasteiger charge is 2.21. The van der Waals surface area contributed by atoms with E-state index in [0.29, 0.717) is 17.8 Å². The monoisotopic (exact) mass is 355 g/mol. The zero-order chi connectivity index (χ0) is 17.8. The Morgan fingerprint density at radius 2 is 1.38 bits per heavy atom. The van der Waals surface area contributed by atoms with Crippen molar-refractivity contribution in [3.05, 3.63) is 35.6 Å². The summed E-state index contributed by atoms with van der Waals surface area (Å²) in [5.41, 5.74) is 3.69. The number of hydrogen-bond acceptors (Lipinski definition) is 7. The second-order valence-electron chi connectivity index (χ2n) is 6.57. The van der Waals surface area contributed by atoms with Crippen molar-refractivity contribution >= 4 is 24.1 Å². The molecule has 0 atom stereocenters. The van der Waals surface area contributed by atoms with E-state index in [1.54, 1.807) is 18.3 Å². The van der Waals surface area contributed by atoms with Gasteiger partial charge in [-0.25, -0.2) is 9.82 Å². The first-order valence-electron chi connectivity index (χ1n) is 9.08. The third-order valence-corrected chi connectivity index (χ3v) is 4.64. The quantitative estimate of drug-likeness (QED) is 0.657. The van der Waals surface area contributed by atoms with Gasteiger partial charge in [0.25, 0.3) is 0 Å². The molecule has 0 unspecified atom stereocenters. The topological polar surface area (TPSA) is 69.5 Å². The number of rotatable bonds is 5. The maximum Gasteiger partial charge on any atom is 0.250 e. The van der Waals surface area contributed by atoms with Crippen LogP contribution < -0.4 is 15.2 Å². The molecular weight excluding hydrogens is 333 g/mol. The lowest BCUT2D eigenvalue weighted by Crippen LogP contribution is -2.25. The average Bonchev–Trinajstić information content (AvgIpc) is 3.37. The average molecular weight is 355 g/mol. The minimum Gasteiger partial charge on any atom is -0.341 e. The number of nitrogens with one attached hydrogen (secondary N) is 1. The van der Waals surface area contributed by atoms with Crippen LogP contribution >= 0.6 is 0 Å². The minimum atomic E-state index is -0.266. The smallest absolute Gasteiger partial charge is 0.250 e. The number of nitrogens with zero attached hydrogens (tertiary/aromatic N) is 6. The van der Waals surface area contributed by atoms with Crippen LogP contribution in [-0.4, -0.2) is 47.3 Å². The highest BCUT2D eigenvalue weighted by atomic mass is 19.1. The molecule has 1 aromatic heterocycles. The van der Waals surface area contributed by atoms with Gasteiger partial charge in [-0.15, -0.1) is 0 Å². The second-order valence-corrected chi connectivity index (χ2v) is 6.57. The zero-order valence-electron chi connectivity index (χ0n) is 14.6. The molecule has 8 heteroatoms.